The van der Waals surface area contributed by atoms with E-state index in [2.05, 4.69) is 28.6 Å². The molecule has 1 saturated heterocycles. The number of rotatable bonds is 6. The minimum Gasteiger partial charge on any atom is -0.357 e. The van der Waals surface area contributed by atoms with Crippen molar-refractivity contribution in [1.29, 1.82) is 0 Å². The second kappa shape index (κ2) is 11.5. The number of guanidine groups is 1. The van der Waals surface area contributed by atoms with Crippen LogP contribution in [-0.2, 0) is 0 Å². The van der Waals surface area contributed by atoms with Crippen molar-refractivity contribution in [3.05, 3.63) is 35.8 Å². The molecule has 2 heterocycles. The number of anilines is 1. The first-order chi connectivity index (χ1) is 12.8. The van der Waals surface area contributed by atoms with Crippen LogP contribution in [0.3, 0.4) is 0 Å². The Kier molecular flexibility index (Phi) is 9.30. The van der Waals surface area contributed by atoms with Gasteiger partial charge in [-0.1, -0.05) is 11.6 Å². The number of nitrogens with one attached hydrogen (secondary N) is 2. The van der Waals surface area contributed by atoms with Gasteiger partial charge in [0, 0.05) is 38.4 Å². The molecule has 1 atom stereocenters. The number of aliphatic imine (C=N–C) groups is 1. The van der Waals surface area contributed by atoms with Crippen molar-refractivity contribution in [3.63, 3.8) is 0 Å². The molecule has 1 aliphatic heterocycles. The first-order valence-electron chi connectivity index (χ1n) is 9.84. The number of halogens is 2. The first kappa shape index (κ1) is 21.9. The number of nitrogens with zero attached hydrogens (tertiary/aromatic N) is 3. The summed E-state index contributed by atoms with van der Waals surface area (Å²) in [6.45, 7) is 5.26. The second-order valence-electron chi connectivity index (χ2n) is 7.00. The second-order valence-corrected chi connectivity index (χ2v) is 7.00. The van der Waals surface area contributed by atoms with E-state index in [9.17, 15) is 4.39 Å². The molecule has 1 aliphatic carbocycles. The van der Waals surface area contributed by atoms with Gasteiger partial charge in [-0.25, -0.2) is 9.37 Å². The molecule has 7 heteroatoms. The van der Waals surface area contributed by atoms with Crippen molar-refractivity contribution in [1.82, 2.24) is 15.6 Å². The molecule has 1 fully saturated rings. The fourth-order valence-electron chi connectivity index (χ4n) is 3.64. The zero-order valence-electron chi connectivity index (χ0n) is 16.1. The Labute approximate surface area is 178 Å². The van der Waals surface area contributed by atoms with Gasteiger partial charge in [0.15, 0.2) is 17.6 Å². The number of allylic oxidation sites excluding steroid dienone is 1. The quantitative estimate of drug-likeness (QED) is 0.277. The SMILES string of the molecule is CCNC(=NCCC1=CCCCC1)NC1CCN(c2ncccc2F)C1.I. The normalized spacial score (nSPS) is 20.1. The largest absolute Gasteiger partial charge is 0.357 e. The molecule has 2 N–H and O–H groups in total. The van der Waals surface area contributed by atoms with Crippen LogP contribution in [0.2, 0.25) is 0 Å². The van der Waals surface area contributed by atoms with Gasteiger partial charge in [-0.3, -0.25) is 4.99 Å². The highest BCUT2D eigenvalue weighted by atomic mass is 127. The topological polar surface area (TPSA) is 52.6 Å². The van der Waals surface area contributed by atoms with Crippen LogP contribution in [0.4, 0.5) is 10.2 Å². The molecule has 150 valence electrons. The molecular weight excluding hydrogens is 456 g/mol. The standard InChI is InChI=1S/C20H30FN5.HI/c1-2-22-20(24-13-10-16-7-4-3-5-8-16)25-17-11-14-26(15-17)19-18(21)9-6-12-23-19;/h6-7,9,12,17H,2-5,8,10-11,13-15H2,1H3,(H2,22,24,25);1H. The third kappa shape index (κ3) is 6.62. The highest BCUT2D eigenvalue weighted by Gasteiger charge is 2.25. The van der Waals surface area contributed by atoms with Crippen LogP contribution in [0.1, 0.15) is 45.4 Å². The van der Waals surface area contributed by atoms with Crippen LogP contribution in [0.5, 0.6) is 0 Å². The average molecular weight is 487 g/mol. The Morgan fingerprint density at radius 3 is 3.04 bits per heavy atom. The highest BCUT2D eigenvalue weighted by molar-refractivity contribution is 14.0. The fourth-order valence-corrected chi connectivity index (χ4v) is 3.64. The predicted molar refractivity (Wildman–Crippen MR) is 121 cm³/mol. The number of aromatic nitrogens is 1. The number of hydrogen-bond acceptors (Lipinski definition) is 3. The third-order valence-corrected chi connectivity index (χ3v) is 5.00. The molecule has 2 aliphatic rings. The molecule has 0 radical (unpaired) electrons. The summed E-state index contributed by atoms with van der Waals surface area (Å²) in [5.41, 5.74) is 1.55. The zero-order chi connectivity index (χ0) is 18.2. The van der Waals surface area contributed by atoms with Crippen LogP contribution in [0.25, 0.3) is 0 Å². The molecule has 5 nitrogen and oxygen atoms in total. The molecule has 0 amide bonds. The molecule has 0 bridgehead atoms. The van der Waals surface area contributed by atoms with Gasteiger partial charge in [-0.05, 0) is 57.6 Å². The smallest absolute Gasteiger partial charge is 0.191 e. The minimum atomic E-state index is -0.255. The molecular formula is C20H31FIN5. The van der Waals surface area contributed by atoms with Gasteiger partial charge in [0.25, 0.3) is 0 Å². The maximum atomic E-state index is 13.9. The Balaban J connectivity index is 0.00000261. The van der Waals surface area contributed by atoms with Crippen LogP contribution in [-0.4, -0.2) is 43.2 Å². The summed E-state index contributed by atoms with van der Waals surface area (Å²) in [5, 5.41) is 6.83. The molecule has 1 aromatic heterocycles. The van der Waals surface area contributed by atoms with Crippen LogP contribution in [0, 0.1) is 5.82 Å². The van der Waals surface area contributed by atoms with Crippen molar-refractivity contribution >= 4 is 35.8 Å². The van der Waals surface area contributed by atoms with Crippen molar-refractivity contribution in [2.24, 2.45) is 4.99 Å². The van der Waals surface area contributed by atoms with Gasteiger partial charge in [0.2, 0.25) is 0 Å². The van der Waals surface area contributed by atoms with Crippen molar-refractivity contribution in [2.75, 3.05) is 31.1 Å². The first-order valence-corrected chi connectivity index (χ1v) is 9.84. The lowest BCUT2D eigenvalue weighted by atomic mass is 9.97. The van der Waals surface area contributed by atoms with E-state index in [1.165, 1.54) is 31.7 Å². The summed E-state index contributed by atoms with van der Waals surface area (Å²) in [6.07, 6.45) is 11.1. The lowest BCUT2D eigenvalue weighted by Gasteiger charge is -2.20. The Morgan fingerprint density at radius 1 is 1.41 bits per heavy atom. The van der Waals surface area contributed by atoms with Crippen molar-refractivity contribution < 1.29 is 4.39 Å². The molecule has 27 heavy (non-hydrogen) atoms. The number of hydrogen-bond donors (Lipinski definition) is 2. The van der Waals surface area contributed by atoms with Crippen molar-refractivity contribution in [3.8, 4) is 0 Å². The van der Waals surface area contributed by atoms with E-state index >= 15 is 0 Å². The lowest BCUT2D eigenvalue weighted by Crippen LogP contribution is -2.44. The van der Waals surface area contributed by atoms with Gasteiger partial charge in [0.05, 0.1) is 0 Å². The summed E-state index contributed by atoms with van der Waals surface area (Å²) in [4.78, 5) is 10.9. The molecule has 0 saturated carbocycles. The summed E-state index contributed by atoms with van der Waals surface area (Å²) >= 11 is 0. The van der Waals surface area contributed by atoms with E-state index < -0.39 is 0 Å². The summed E-state index contributed by atoms with van der Waals surface area (Å²) in [5.74, 6) is 1.05. The van der Waals surface area contributed by atoms with E-state index in [-0.39, 0.29) is 35.8 Å². The molecule has 1 aromatic rings. The van der Waals surface area contributed by atoms with E-state index in [0.29, 0.717) is 5.82 Å². The van der Waals surface area contributed by atoms with Crippen LogP contribution >= 0.6 is 24.0 Å². The molecule has 1 unspecified atom stereocenters. The minimum absolute atomic E-state index is 0. The van der Waals surface area contributed by atoms with Gasteiger partial charge in [-0.2, -0.15) is 0 Å². The molecule has 0 spiro atoms. The predicted octanol–water partition coefficient (Wildman–Crippen LogP) is 3.86. The van der Waals surface area contributed by atoms with E-state index in [0.717, 1.165) is 45.0 Å². The van der Waals surface area contributed by atoms with Crippen LogP contribution in [0.15, 0.2) is 35.0 Å². The lowest BCUT2D eigenvalue weighted by molar-refractivity contribution is 0.612. The maximum Gasteiger partial charge on any atom is 0.191 e. The highest BCUT2D eigenvalue weighted by Crippen LogP contribution is 2.21. The summed E-state index contributed by atoms with van der Waals surface area (Å²) < 4.78 is 13.9. The van der Waals surface area contributed by atoms with Crippen molar-refractivity contribution in [2.45, 2.75) is 51.5 Å². The third-order valence-electron chi connectivity index (χ3n) is 5.00. The van der Waals surface area contributed by atoms with Crippen LogP contribution < -0.4 is 15.5 Å². The molecule has 3 rings (SSSR count). The summed E-state index contributed by atoms with van der Waals surface area (Å²) in [6, 6.07) is 3.35. The zero-order valence-corrected chi connectivity index (χ0v) is 18.4. The van der Waals surface area contributed by atoms with Gasteiger partial charge >= 0.3 is 0 Å². The van der Waals surface area contributed by atoms with Gasteiger partial charge in [0.1, 0.15) is 0 Å². The van der Waals surface area contributed by atoms with Gasteiger partial charge in [-0.15, -0.1) is 24.0 Å². The number of pyridine rings is 1. The van der Waals surface area contributed by atoms with E-state index in [4.69, 9.17) is 4.99 Å². The molecule has 0 aromatic carbocycles. The Bertz CT molecular complexity index is 649. The van der Waals surface area contributed by atoms with E-state index in [1.807, 2.05) is 4.90 Å². The van der Waals surface area contributed by atoms with E-state index in [1.54, 1.807) is 17.8 Å². The Morgan fingerprint density at radius 2 is 2.30 bits per heavy atom. The average Bonchev–Trinajstić information content (AvgIpc) is 3.11. The fraction of sp³-hybridized carbons (Fsp3) is 0.600. The maximum absolute atomic E-state index is 13.9. The van der Waals surface area contributed by atoms with Gasteiger partial charge < -0.3 is 15.5 Å². The Hall–Kier alpha value is -1.38. The monoisotopic (exact) mass is 487 g/mol. The summed E-state index contributed by atoms with van der Waals surface area (Å²) in [7, 11) is 0.